The molecule has 5 atom stereocenters. The maximum Gasteiger partial charge on any atom is 0.337 e. The molecule has 1 rings (SSSR count). The summed E-state index contributed by atoms with van der Waals surface area (Å²) in [5.41, 5.74) is 0. The van der Waals surface area contributed by atoms with Gasteiger partial charge in [-0.15, -0.1) is 0 Å². The molecule has 0 N–H and O–H groups in total. The van der Waals surface area contributed by atoms with E-state index in [0.29, 0.717) is 19.8 Å². The Morgan fingerprint density at radius 3 is 1.76 bits per heavy atom. The Morgan fingerprint density at radius 1 is 0.828 bits per heavy atom. The van der Waals surface area contributed by atoms with Crippen LogP contribution in [0.15, 0.2) is 0 Å². The molecule has 0 radical (unpaired) electrons. The van der Waals surface area contributed by atoms with Crippen molar-refractivity contribution in [2.75, 3.05) is 32.7 Å². The highest BCUT2D eigenvalue weighted by Crippen LogP contribution is 2.30. The van der Waals surface area contributed by atoms with Gasteiger partial charge in [-0.25, -0.2) is 13.2 Å². The molecule has 0 bridgehead atoms. The fourth-order valence-corrected chi connectivity index (χ4v) is 3.77. The molecule has 0 spiro atoms. The fourth-order valence-electron chi connectivity index (χ4n) is 3.18. The van der Waals surface area contributed by atoms with E-state index in [1.807, 2.05) is 13.8 Å². The minimum Gasteiger partial charge on any atom is -0.467 e. The number of ether oxygens (including phenoxy) is 5. The zero-order valence-electron chi connectivity index (χ0n) is 18.2. The molecule has 0 saturated carbocycles. The minimum atomic E-state index is -2.73. The molecule has 1 heterocycles. The molecule has 0 aromatic heterocycles. The van der Waals surface area contributed by atoms with E-state index in [-0.39, 0.29) is 5.75 Å². The Kier molecular flexibility index (Phi) is 13.7. The SMILES string of the molecule is CCCCOC1[C@H](OCCCC)C(C(=O)OC)O[C@@H](C[SH](=O)=O)[C@H]1OCCCC. The zero-order valence-corrected chi connectivity index (χ0v) is 19.1. The second kappa shape index (κ2) is 15.1. The van der Waals surface area contributed by atoms with Gasteiger partial charge in [-0.3, -0.25) is 0 Å². The van der Waals surface area contributed by atoms with Crippen molar-refractivity contribution in [2.45, 2.75) is 89.8 Å². The third kappa shape index (κ3) is 8.88. The van der Waals surface area contributed by atoms with Crippen LogP contribution in [0.1, 0.15) is 59.3 Å². The molecular weight excluding hydrogens is 400 g/mol. The molecular formula is C20H38O8S. The lowest BCUT2D eigenvalue weighted by Crippen LogP contribution is -2.63. The third-order valence-electron chi connectivity index (χ3n) is 4.82. The Bertz CT molecular complexity index is 517. The summed E-state index contributed by atoms with van der Waals surface area (Å²) in [6.07, 6.45) is 1.45. The number of rotatable bonds is 15. The van der Waals surface area contributed by atoms with Crippen molar-refractivity contribution in [3.05, 3.63) is 0 Å². The summed E-state index contributed by atoms with van der Waals surface area (Å²) in [7, 11) is -1.46. The third-order valence-corrected chi connectivity index (χ3v) is 5.48. The van der Waals surface area contributed by atoms with Crippen molar-refractivity contribution in [1.29, 1.82) is 0 Å². The number of hydrogen-bond donors (Lipinski definition) is 1. The summed E-state index contributed by atoms with van der Waals surface area (Å²) in [6.45, 7) is 7.51. The number of esters is 1. The standard InChI is InChI=1S/C20H38O8S/c1-5-8-11-25-16-15(14-29(22)23)28-19(20(21)24-4)18(27-13-10-7-3)17(16)26-12-9-6-2/h15-19,29H,5-14H2,1-4H3/t15-,16+,17?,18-,19?/m0/s1. The molecule has 2 unspecified atom stereocenters. The quantitative estimate of drug-likeness (QED) is 0.236. The molecule has 0 aromatic carbocycles. The van der Waals surface area contributed by atoms with Gasteiger partial charge < -0.3 is 23.7 Å². The van der Waals surface area contributed by atoms with Crippen LogP contribution in [0.25, 0.3) is 0 Å². The van der Waals surface area contributed by atoms with Crippen LogP contribution in [0.4, 0.5) is 0 Å². The molecule has 1 fully saturated rings. The fraction of sp³-hybridized carbons (Fsp3) is 0.950. The van der Waals surface area contributed by atoms with Crippen molar-refractivity contribution in [1.82, 2.24) is 0 Å². The van der Waals surface area contributed by atoms with Crippen LogP contribution in [0.2, 0.25) is 0 Å². The average molecular weight is 439 g/mol. The first kappa shape index (κ1) is 26.3. The Balaban J connectivity index is 3.17. The summed E-state index contributed by atoms with van der Waals surface area (Å²) in [4.78, 5) is 12.4. The maximum atomic E-state index is 12.4. The summed E-state index contributed by atoms with van der Waals surface area (Å²) in [5.74, 6) is -0.858. The van der Waals surface area contributed by atoms with Gasteiger partial charge in [0.2, 0.25) is 0 Å². The predicted octanol–water partition coefficient (Wildman–Crippen LogP) is 2.09. The molecule has 0 aromatic rings. The molecule has 172 valence electrons. The number of carbonyl (C=O) groups excluding carboxylic acids is 1. The van der Waals surface area contributed by atoms with Crippen molar-refractivity contribution in [3.63, 3.8) is 0 Å². The molecule has 0 aliphatic carbocycles. The van der Waals surface area contributed by atoms with Gasteiger partial charge in [0.15, 0.2) is 6.10 Å². The lowest BCUT2D eigenvalue weighted by atomic mass is 9.94. The summed E-state index contributed by atoms with van der Waals surface area (Å²) in [6, 6.07) is 0. The van der Waals surface area contributed by atoms with Crippen molar-refractivity contribution in [2.24, 2.45) is 0 Å². The van der Waals surface area contributed by atoms with Gasteiger partial charge >= 0.3 is 5.97 Å². The highest BCUT2D eigenvalue weighted by molar-refractivity contribution is 7.72. The minimum absolute atomic E-state index is 0.255. The first-order chi connectivity index (χ1) is 14.0. The number of carbonyl (C=O) groups is 1. The molecule has 1 saturated heterocycles. The van der Waals surface area contributed by atoms with Crippen molar-refractivity contribution in [3.8, 4) is 0 Å². The highest BCUT2D eigenvalue weighted by Gasteiger charge is 2.51. The van der Waals surface area contributed by atoms with E-state index >= 15 is 0 Å². The van der Waals surface area contributed by atoms with Gasteiger partial charge in [-0.05, 0) is 19.3 Å². The van der Waals surface area contributed by atoms with E-state index < -0.39 is 47.2 Å². The van der Waals surface area contributed by atoms with Crippen LogP contribution in [-0.2, 0) is 39.2 Å². The smallest absolute Gasteiger partial charge is 0.337 e. The lowest BCUT2D eigenvalue weighted by molar-refractivity contribution is -0.255. The van der Waals surface area contributed by atoms with Gasteiger partial charge in [0, 0.05) is 19.8 Å². The van der Waals surface area contributed by atoms with Crippen LogP contribution in [-0.4, -0.2) is 77.6 Å². The van der Waals surface area contributed by atoms with Crippen LogP contribution in [0.3, 0.4) is 0 Å². The first-order valence-corrected chi connectivity index (χ1v) is 12.1. The van der Waals surface area contributed by atoms with Crippen LogP contribution >= 0.6 is 0 Å². The lowest BCUT2D eigenvalue weighted by Gasteiger charge is -2.44. The Labute approximate surface area is 176 Å². The monoisotopic (exact) mass is 438 g/mol. The second-order valence-electron chi connectivity index (χ2n) is 7.20. The van der Waals surface area contributed by atoms with E-state index in [4.69, 9.17) is 23.7 Å². The summed E-state index contributed by atoms with van der Waals surface area (Å²) >= 11 is 0. The molecule has 1 aliphatic heterocycles. The van der Waals surface area contributed by atoms with E-state index in [9.17, 15) is 13.2 Å². The molecule has 0 amide bonds. The zero-order chi connectivity index (χ0) is 21.6. The molecule has 8 nitrogen and oxygen atoms in total. The first-order valence-electron chi connectivity index (χ1n) is 10.7. The molecule has 29 heavy (non-hydrogen) atoms. The normalized spacial score (nSPS) is 27.3. The van der Waals surface area contributed by atoms with Crippen LogP contribution in [0, 0.1) is 0 Å². The molecule has 1 aliphatic rings. The Morgan fingerprint density at radius 2 is 1.31 bits per heavy atom. The topological polar surface area (TPSA) is 97.4 Å². The van der Waals surface area contributed by atoms with Gasteiger partial charge in [0.05, 0.1) is 12.9 Å². The Hall–Kier alpha value is -0.740. The maximum absolute atomic E-state index is 12.4. The van der Waals surface area contributed by atoms with Crippen molar-refractivity contribution < 1.29 is 36.9 Å². The average Bonchev–Trinajstić information content (AvgIpc) is 2.70. The van der Waals surface area contributed by atoms with Gasteiger partial charge in [-0.1, -0.05) is 40.0 Å². The highest BCUT2D eigenvalue weighted by atomic mass is 32.2. The summed E-state index contributed by atoms with van der Waals surface area (Å²) < 4.78 is 51.9. The van der Waals surface area contributed by atoms with Crippen LogP contribution in [0.5, 0.6) is 0 Å². The van der Waals surface area contributed by atoms with Crippen LogP contribution < -0.4 is 0 Å². The largest absolute Gasteiger partial charge is 0.467 e. The second-order valence-corrected chi connectivity index (χ2v) is 8.23. The number of hydrogen-bond acceptors (Lipinski definition) is 8. The van der Waals surface area contributed by atoms with Gasteiger partial charge in [-0.2, -0.15) is 0 Å². The predicted molar refractivity (Wildman–Crippen MR) is 110 cm³/mol. The molecule has 9 heteroatoms. The van der Waals surface area contributed by atoms with E-state index in [1.54, 1.807) is 0 Å². The number of thiol groups is 1. The van der Waals surface area contributed by atoms with Crippen molar-refractivity contribution >= 4 is 16.7 Å². The summed E-state index contributed by atoms with van der Waals surface area (Å²) in [5, 5.41) is 0. The van der Waals surface area contributed by atoms with Gasteiger partial charge in [0.25, 0.3) is 0 Å². The van der Waals surface area contributed by atoms with E-state index in [2.05, 4.69) is 6.92 Å². The van der Waals surface area contributed by atoms with E-state index in [0.717, 1.165) is 38.5 Å². The number of unbranched alkanes of at least 4 members (excludes halogenated alkanes) is 3. The van der Waals surface area contributed by atoms with E-state index in [1.165, 1.54) is 7.11 Å². The number of methoxy groups -OCH3 is 1. The van der Waals surface area contributed by atoms with Gasteiger partial charge in [0.1, 0.15) is 35.1 Å².